The molecule has 0 saturated heterocycles. The smallest absolute Gasteiger partial charge is 0.407 e. The summed E-state index contributed by atoms with van der Waals surface area (Å²) in [5, 5.41) is 14.6. The van der Waals surface area contributed by atoms with Crippen molar-refractivity contribution in [1.29, 1.82) is 0 Å². The number of benzene rings is 3. The topological polar surface area (TPSA) is 105 Å². The third-order valence-corrected chi connectivity index (χ3v) is 6.17. The van der Waals surface area contributed by atoms with Gasteiger partial charge in [-0.15, -0.1) is 0 Å². The first-order valence-electron chi connectivity index (χ1n) is 10.9. The Labute approximate surface area is 205 Å². The van der Waals surface area contributed by atoms with E-state index in [1.165, 1.54) is 12.1 Å². The average Bonchev–Trinajstić information content (AvgIpc) is 3.15. The standard InChI is InChI=1S/C26H23BrN2O5/c27-16-11-12-23(21(14-16)25(31)32)29-24(30)10-5-13-28-26(33)34-15-22-19-8-3-1-6-17(19)18-7-2-4-9-20(18)22/h1-4,6-9,11-12,14,22H,5,10,13,15H2,(H,28,33)(H,29,30)(H,31,32). The second-order valence-corrected chi connectivity index (χ2v) is 8.81. The van der Waals surface area contributed by atoms with E-state index in [9.17, 15) is 19.5 Å². The second kappa shape index (κ2) is 10.5. The third-order valence-electron chi connectivity index (χ3n) is 5.68. The molecule has 0 heterocycles. The summed E-state index contributed by atoms with van der Waals surface area (Å²) in [6, 6.07) is 20.8. The first kappa shape index (κ1) is 23.5. The number of amides is 2. The van der Waals surface area contributed by atoms with Gasteiger partial charge in [0.2, 0.25) is 5.91 Å². The SMILES string of the molecule is O=C(CCCNC(=O)OCC1c2ccccc2-c2ccccc21)Nc1ccc(Br)cc1C(=O)O. The molecule has 0 spiro atoms. The van der Waals surface area contributed by atoms with Crippen molar-refractivity contribution in [2.45, 2.75) is 18.8 Å². The van der Waals surface area contributed by atoms with Gasteiger partial charge in [0, 0.05) is 23.4 Å². The van der Waals surface area contributed by atoms with Crippen molar-refractivity contribution in [3.05, 3.63) is 87.9 Å². The molecule has 3 aromatic rings. The van der Waals surface area contributed by atoms with Crippen LogP contribution in [0.15, 0.2) is 71.2 Å². The van der Waals surface area contributed by atoms with E-state index in [0.29, 0.717) is 10.9 Å². The van der Waals surface area contributed by atoms with Crippen LogP contribution in [0.5, 0.6) is 0 Å². The van der Waals surface area contributed by atoms with Gasteiger partial charge in [-0.2, -0.15) is 0 Å². The lowest BCUT2D eigenvalue weighted by Gasteiger charge is -2.14. The molecule has 0 radical (unpaired) electrons. The fraction of sp³-hybridized carbons (Fsp3) is 0.192. The number of hydrogen-bond acceptors (Lipinski definition) is 4. The number of fused-ring (bicyclic) bond motifs is 3. The lowest BCUT2D eigenvalue weighted by Crippen LogP contribution is -2.27. The Morgan fingerprint density at radius 3 is 2.24 bits per heavy atom. The molecular formula is C26H23BrN2O5. The van der Waals surface area contributed by atoms with Crippen LogP contribution in [0.4, 0.5) is 10.5 Å². The summed E-state index contributed by atoms with van der Waals surface area (Å²) in [6.45, 7) is 0.484. The zero-order valence-electron chi connectivity index (χ0n) is 18.2. The highest BCUT2D eigenvalue weighted by molar-refractivity contribution is 9.10. The minimum absolute atomic E-state index is 0.000474. The average molecular weight is 523 g/mol. The van der Waals surface area contributed by atoms with Crippen molar-refractivity contribution in [2.24, 2.45) is 0 Å². The van der Waals surface area contributed by atoms with Crippen molar-refractivity contribution in [1.82, 2.24) is 5.32 Å². The zero-order chi connectivity index (χ0) is 24.1. The predicted octanol–water partition coefficient (Wildman–Crippen LogP) is 5.40. The number of alkyl carbamates (subject to hydrolysis) is 1. The first-order chi connectivity index (χ1) is 16.4. The van der Waals surface area contributed by atoms with Gasteiger partial charge in [-0.3, -0.25) is 4.79 Å². The van der Waals surface area contributed by atoms with Gasteiger partial charge in [-0.05, 0) is 46.9 Å². The van der Waals surface area contributed by atoms with E-state index in [-0.39, 0.29) is 42.6 Å². The van der Waals surface area contributed by atoms with Crippen LogP contribution < -0.4 is 10.6 Å². The number of carbonyl (C=O) groups is 3. The summed E-state index contributed by atoms with van der Waals surface area (Å²) in [7, 11) is 0. The fourth-order valence-corrected chi connectivity index (χ4v) is 4.47. The minimum Gasteiger partial charge on any atom is -0.478 e. The molecule has 3 N–H and O–H groups in total. The van der Waals surface area contributed by atoms with E-state index in [4.69, 9.17) is 4.74 Å². The molecule has 0 atom stereocenters. The maximum Gasteiger partial charge on any atom is 0.407 e. The Kier molecular flexibility index (Phi) is 7.27. The summed E-state index contributed by atoms with van der Waals surface area (Å²) >= 11 is 3.22. The quantitative estimate of drug-likeness (QED) is 0.343. The third kappa shape index (κ3) is 5.28. The van der Waals surface area contributed by atoms with Gasteiger partial charge in [0.25, 0.3) is 0 Å². The summed E-state index contributed by atoms with van der Waals surface area (Å²) < 4.78 is 6.08. The van der Waals surface area contributed by atoms with Gasteiger partial charge >= 0.3 is 12.1 Å². The molecule has 8 heteroatoms. The summed E-state index contributed by atoms with van der Waals surface area (Å²) in [5.74, 6) is -1.48. The number of rotatable bonds is 8. The van der Waals surface area contributed by atoms with E-state index in [2.05, 4.69) is 50.8 Å². The molecule has 4 rings (SSSR count). The molecule has 2 amide bonds. The van der Waals surface area contributed by atoms with Gasteiger partial charge in [0.1, 0.15) is 6.61 Å². The number of ether oxygens (including phenoxy) is 1. The molecule has 1 aliphatic carbocycles. The highest BCUT2D eigenvalue weighted by atomic mass is 79.9. The number of carboxylic acids is 1. The largest absolute Gasteiger partial charge is 0.478 e. The highest BCUT2D eigenvalue weighted by Gasteiger charge is 2.28. The molecule has 0 bridgehead atoms. The number of anilines is 1. The van der Waals surface area contributed by atoms with E-state index >= 15 is 0 Å². The van der Waals surface area contributed by atoms with E-state index in [0.717, 1.165) is 22.3 Å². The van der Waals surface area contributed by atoms with Crippen LogP contribution in [-0.4, -0.2) is 36.2 Å². The maximum absolute atomic E-state index is 12.2. The van der Waals surface area contributed by atoms with Gasteiger partial charge in [-0.25, -0.2) is 9.59 Å². The van der Waals surface area contributed by atoms with Crippen LogP contribution in [0.25, 0.3) is 11.1 Å². The Morgan fingerprint density at radius 2 is 1.59 bits per heavy atom. The maximum atomic E-state index is 12.2. The molecule has 0 unspecified atom stereocenters. The van der Waals surface area contributed by atoms with E-state index in [1.807, 2.05) is 24.3 Å². The molecular weight excluding hydrogens is 500 g/mol. The summed E-state index contributed by atoms with van der Waals surface area (Å²) in [6.07, 6.45) is -0.0309. The molecule has 3 aromatic carbocycles. The van der Waals surface area contributed by atoms with Crippen molar-refractivity contribution >= 4 is 39.6 Å². The van der Waals surface area contributed by atoms with Crippen molar-refractivity contribution in [3.63, 3.8) is 0 Å². The molecule has 1 aliphatic rings. The minimum atomic E-state index is -1.13. The van der Waals surface area contributed by atoms with Crippen LogP contribution in [0.3, 0.4) is 0 Å². The first-order valence-corrected chi connectivity index (χ1v) is 11.6. The van der Waals surface area contributed by atoms with Crippen LogP contribution in [0.1, 0.15) is 40.2 Å². The number of carbonyl (C=O) groups excluding carboxylic acids is 2. The fourth-order valence-electron chi connectivity index (χ4n) is 4.10. The summed E-state index contributed by atoms with van der Waals surface area (Å²) in [5.41, 5.74) is 4.83. The zero-order valence-corrected chi connectivity index (χ0v) is 19.8. The van der Waals surface area contributed by atoms with Crippen molar-refractivity contribution in [3.8, 4) is 11.1 Å². The molecule has 0 aliphatic heterocycles. The Bertz CT molecular complexity index is 1200. The van der Waals surface area contributed by atoms with Crippen LogP contribution in [-0.2, 0) is 9.53 Å². The lowest BCUT2D eigenvalue weighted by atomic mass is 9.98. The second-order valence-electron chi connectivity index (χ2n) is 7.90. The van der Waals surface area contributed by atoms with E-state index < -0.39 is 12.1 Å². The lowest BCUT2D eigenvalue weighted by molar-refractivity contribution is -0.116. The Morgan fingerprint density at radius 1 is 0.941 bits per heavy atom. The van der Waals surface area contributed by atoms with Gasteiger partial charge in [-0.1, -0.05) is 64.5 Å². The number of halogens is 1. The normalized spacial score (nSPS) is 11.9. The van der Waals surface area contributed by atoms with Crippen molar-refractivity contribution < 1.29 is 24.2 Å². The molecule has 7 nitrogen and oxygen atoms in total. The number of aromatic carboxylic acids is 1. The molecule has 0 saturated carbocycles. The van der Waals surface area contributed by atoms with E-state index in [1.54, 1.807) is 6.07 Å². The summed E-state index contributed by atoms with van der Waals surface area (Å²) in [4.78, 5) is 35.7. The molecule has 174 valence electrons. The van der Waals surface area contributed by atoms with Gasteiger partial charge in [0.05, 0.1) is 11.3 Å². The number of hydrogen-bond donors (Lipinski definition) is 3. The molecule has 0 aromatic heterocycles. The molecule has 0 fully saturated rings. The number of nitrogens with one attached hydrogen (secondary N) is 2. The predicted molar refractivity (Wildman–Crippen MR) is 132 cm³/mol. The van der Waals surface area contributed by atoms with Gasteiger partial charge in [0.15, 0.2) is 0 Å². The molecule has 34 heavy (non-hydrogen) atoms. The van der Waals surface area contributed by atoms with Crippen molar-refractivity contribution in [2.75, 3.05) is 18.5 Å². The Hall–Kier alpha value is -3.65. The van der Waals surface area contributed by atoms with Gasteiger partial charge < -0.3 is 20.5 Å². The monoisotopic (exact) mass is 522 g/mol. The van der Waals surface area contributed by atoms with Crippen LogP contribution in [0.2, 0.25) is 0 Å². The van der Waals surface area contributed by atoms with Crippen LogP contribution in [0, 0.1) is 0 Å². The van der Waals surface area contributed by atoms with Crippen LogP contribution >= 0.6 is 15.9 Å². The Balaban J connectivity index is 1.23. The number of carboxylic acid groups (broad SMARTS) is 1. The highest BCUT2D eigenvalue weighted by Crippen LogP contribution is 2.44.